The zero-order valence-electron chi connectivity index (χ0n) is 14.8. The van der Waals surface area contributed by atoms with Gasteiger partial charge in [-0.1, -0.05) is 29.9 Å². The van der Waals surface area contributed by atoms with Crippen molar-refractivity contribution in [2.45, 2.75) is 43.8 Å². The number of amides is 2. The number of nitrogens with one attached hydrogen (secondary N) is 2. The van der Waals surface area contributed by atoms with Crippen LogP contribution in [0.2, 0.25) is 0 Å². The average Bonchev–Trinajstić information content (AvgIpc) is 2.62. The molecule has 0 spiro atoms. The summed E-state index contributed by atoms with van der Waals surface area (Å²) in [7, 11) is 0. The largest absolute Gasteiger partial charge is 0.355 e. The number of terminal acetylenes is 2. The van der Waals surface area contributed by atoms with Crippen molar-refractivity contribution < 1.29 is 9.59 Å². The molecule has 0 radical (unpaired) electrons. The standard InChI is InChI=1S/C18H23N3O2S3/c1-4-6-7-8-15(22)21-12-13-25-17(24)26-18(3,14-19)10-9-16(23)20-11-5-2/h1-2H,6-13H2,3H3,(H,20,23)(H,21,22). The van der Waals surface area contributed by atoms with Gasteiger partial charge in [-0.15, -0.1) is 30.5 Å². The van der Waals surface area contributed by atoms with Crippen molar-refractivity contribution in [1.29, 1.82) is 5.26 Å². The summed E-state index contributed by atoms with van der Waals surface area (Å²) < 4.78 is -0.171. The van der Waals surface area contributed by atoms with Crippen LogP contribution in [0.3, 0.4) is 0 Å². The van der Waals surface area contributed by atoms with Crippen LogP contribution in [0.5, 0.6) is 0 Å². The number of hydrogen-bond acceptors (Lipinski definition) is 6. The van der Waals surface area contributed by atoms with Gasteiger partial charge in [0, 0.05) is 31.6 Å². The first-order valence-corrected chi connectivity index (χ1v) is 10.2. The van der Waals surface area contributed by atoms with E-state index < -0.39 is 4.75 Å². The van der Waals surface area contributed by atoms with Crippen LogP contribution in [0.4, 0.5) is 0 Å². The van der Waals surface area contributed by atoms with Crippen LogP contribution in [0.25, 0.3) is 0 Å². The van der Waals surface area contributed by atoms with Crippen LogP contribution < -0.4 is 10.6 Å². The predicted molar refractivity (Wildman–Crippen MR) is 113 cm³/mol. The van der Waals surface area contributed by atoms with Crippen molar-refractivity contribution in [3.8, 4) is 30.8 Å². The molecule has 0 aliphatic heterocycles. The first-order chi connectivity index (χ1) is 12.4. The van der Waals surface area contributed by atoms with Gasteiger partial charge in [0.2, 0.25) is 11.8 Å². The van der Waals surface area contributed by atoms with E-state index in [1.807, 2.05) is 0 Å². The second-order valence-corrected chi connectivity index (χ2v) is 9.23. The van der Waals surface area contributed by atoms with Crippen molar-refractivity contribution in [3.63, 3.8) is 0 Å². The number of carbonyl (C=O) groups excluding carboxylic acids is 2. The average molecular weight is 410 g/mol. The highest BCUT2D eigenvalue weighted by molar-refractivity contribution is 8.47. The van der Waals surface area contributed by atoms with Gasteiger partial charge in [0.05, 0.1) is 12.6 Å². The summed E-state index contributed by atoms with van der Waals surface area (Å²) in [5.74, 6) is 5.23. The molecule has 0 saturated carbocycles. The monoisotopic (exact) mass is 409 g/mol. The number of unbranched alkanes of at least 4 members (excludes halogenated alkanes) is 1. The SMILES string of the molecule is C#CCCCC(=O)NCCSC(=S)SC(C)(C#N)CCC(=O)NCC#C. The molecule has 2 N–H and O–H groups in total. The highest BCUT2D eigenvalue weighted by Gasteiger charge is 2.27. The Balaban J connectivity index is 4.09. The molecule has 26 heavy (non-hydrogen) atoms. The van der Waals surface area contributed by atoms with Crippen molar-refractivity contribution in [2.24, 2.45) is 0 Å². The van der Waals surface area contributed by atoms with E-state index in [2.05, 4.69) is 28.5 Å². The van der Waals surface area contributed by atoms with Gasteiger partial charge in [0.25, 0.3) is 0 Å². The second kappa shape index (κ2) is 14.5. The number of rotatable bonds is 11. The summed E-state index contributed by atoms with van der Waals surface area (Å²) in [4.78, 5) is 23.1. The van der Waals surface area contributed by atoms with E-state index in [1.165, 1.54) is 23.5 Å². The number of carbonyl (C=O) groups is 2. The first kappa shape index (κ1) is 24.3. The molecule has 8 heteroatoms. The third kappa shape index (κ3) is 12.7. The third-order valence-corrected chi connectivity index (χ3v) is 5.89. The van der Waals surface area contributed by atoms with Gasteiger partial charge in [-0.2, -0.15) is 5.26 Å². The molecule has 0 saturated heterocycles. The van der Waals surface area contributed by atoms with Crippen molar-refractivity contribution in [3.05, 3.63) is 0 Å². The molecule has 1 unspecified atom stereocenters. The van der Waals surface area contributed by atoms with E-state index in [4.69, 9.17) is 25.1 Å². The highest BCUT2D eigenvalue weighted by Crippen LogP contribution is 2.34. The molecule has 0 fully saturated rings. The maximum absolute atomic E-state index is 11.6. The van der Waals surface area contributed by atoms with Gasteiger partial charge in [-0.25, -0.2) is 0 Å². The molecule has 0 rings (SSSR count). The van der Waals surface area contributed by atoms with Crippen LogP contribution in [-0.4, -0.2) is 38.9 Å². The van der Waals surface area contributed by atoms with E-state index in [-0.39, 0.29) is 24.8 Å². The lowest BCUT2D eigenvalue weighted by atomic mass is 10.1. The van der Waals surface area contributed by atoms with Crippen LogP contribution in [0.15, 0.2) is 0 Å². The van der Waals surface area contributed by atoms with Crippen molar-refractivity contribution in [1.82, 2.24) is 10.6 Å². The maximum Gasteiger partial charge on any atom is 0.220 e. The van der Waals surface area contributed by atoms with E-state index in [0.717, 1.165) is 0 Å². The molecule has 0 aromatic carbocycles. The van der Waals surface area contributed by atoms with Gasteiger partial charge in [0.15, 0.2) is 0 Å². The quantitative estimate of drug-likeness (QED) is 0.310. The molecular formula is C18H23N3O2S3. The van der Waals surface area contributed by atoms with Crippen LogP contribution in [-0.2, 0) is 9.59 Å². The molecule has 0 aromatic rings. The number of nitriles is 1. The lowest BCUT2D eigenvalue weighted by Gasteiger charge is -2.20. The number of thiocarbonyl (C=S) groups is 1. The number of hydrogen-bond donors (Lipinski definition) is 2. The Hall–Kier alpha value is -1.66. The molecule has 0 bridgehead atoms. The van der Waals surface area contributed by atoms with E-state index >= 15 is 0 Å². The summed E-state index contributed by atoms with van der Waals surface area (Å²) in [6.45, 7) is 2.43. The third-order valence-electron chi connectivity index (χ3n) is 3.13. The second-order valence-electron chi connectivity index (χ2n) is 5.43. The van der Waals surface area contributed by atoms with Crippen LogP contribution in [0, 0.1) is 36.0 Å². The first-order valence-electron chi connectivity index (χ1n) is 8.04. The fourth-order valence-corrected chi connectivity index (χ4v) is 4.53. The molecule has 0 aliphatic carbocycles. The normalized spacial score (nSPS) is 11.9. The Bertz CT molecular complexity index is 617. The minimum atomic E-state index is -0.782. The van der Waals surface area contributed by atoms with Crippen molar-refractivity contribution >= 4 is 51.1 Å². The lowest BCUT2D eigenvalue weighted by molar-refractivity contribution is -0.121. The Morgan fingerprint density at radius 2 is 1.88 bits per heavy atom. The van der Waals surface area contributed by atoms with Gasteiger partial charge in [-0.05, 0) is 19.8 Å². The molecule has 0 aromatic heterocycles. The molecule has 2 amide bonds. The fraction of sp³-hybridized carbons (Fsp3) is 0.556. The molecule has 0 heterocycles. The molecular weight excluding hydrogens is 386 g/mol. The smallest absolute Gasteiger partial charge is 0.220 e. The Kier molecular flexibility index (Phi) is 13.6. The molecule has 1 atom stereocenters. The van der Waals surface area contributed by atoms with E-state index in [1.54, 1.807) is 6.92 Å². The summed E-state index contributed by atoms with van der Waals surface area (Å²) >= 11 is 7.97. The van der Waals surface area contributed by atoms with Crippen LogP contribution >= 0.6 is 35.7 Å². The summed E-state index contributed by atoms with van der Waals surface area (Å²) in [6.07, 6.45) is 12.5. The predicted octanol–water partition coefficient (Wildman–Crippen LogP) is 2.47. The molecule has 5 nitrogen and oxygen atoms in total. The van der Waals surface area contributed by atoms with Gasteiger partial charge in [0.1, 0.15) is 8.28 Å². The molecule has 140 valence electrons. The number of nitrogens with zero attached hydrogens (tertiary/aromatic N) is 1. The zero-order chi connectivity index (χ0) is 19.8. The Morgan fingerprint density at radius 3 is 2.50 bits per heavy atom. The fourth-order valence-electron chi connectivity index (χ4n) is 1.70. The topological polar surface area (TPSA) is 82.0 Å². The summed E-state index contributed by atoms with van der Waals surface area (Å²) in [5, 5.41) is 14.8. The van der Waals surface area contributed by atoms with Gasteiger partial charge < -0.3 is 10.6 Å². The minimum absolute atomic E-state index is 0.0285. The highest BCUT2D eigenvalue weighted by atomic mass is 32.2. The van der Waals surface area contributed by atoms with Gasteiger partial charge >= 0.3 is 0 Å². The summed E-state index contributed by atoms with van der Waals surface area (Å²) in [5.41, 5.74) is 0. The Morgan fingerprint density at radius 1 is 1.19 bits per heavy atom. The summed E-state index contributed by atoms with van der Waals surface area (Å²) in [6, 6.07) is 2.21. The molecule has 0 aliphatic rings. The zero-order valence-corrected chi connectivity index (χ0v) is 17.2. The van der Waals surface area contributed by atoms with E-state index in [0.29, 0.717) is 41.5 Å². The van der Waals surface area contributed by atoms with Crippen molar-refractivity contribution in [2.75, 3.05) is 18.8 Å². The Labute approximate surface area is 169 Å². The maximum atomic E-state index is 11.6. The van der Waals surface area contributed by atoms with E-state index in [9.17, 15) is 14.9 Å². The van der Waals surface area contributed by atoms with Gasteiger partial charge in [-0.3, -0.25) is 9.59 Å². The number of thioether (sulfide) groups is 2. The minimum Gasteiger partial charge on any atom is -0.355 e. The van der Waals surface area contributed by atoms with Crippen LogP contribution in [0.1, 0.15) is 39.0 Å². The lowest BCUT2D eigenvalue weighted by Crippen LogP contribution is -2.27.